The lowest BCUT2D eigenvalue weighted by Gasteiger charge is -2.40. The Bertz CT molecular complexity index is 1270. The van der Waals surface area contributed by atoms with E-state index >= 15 is 0 Å². The molecule has 0 bridgehead atoms. The highest BCUT2D eigenvalue weighted by atomic mass is 32.2. The maximum atomic E-state index is 13.2. The number of fused-ring (bicyclic) bond motifs is 1. The average Bonchev–Trinajstić information content (AvgIpc) is 3.31. The van der Waals surface area contributed by atoms with Gasteiger partial charge in [-0.15, -0.1) is 11.8 Å². The van der Waals surface area contributed by atoms with E-state index in [9.17, 15) is 14.4 Å². The Labute approximate surface area is 215 Å². The molecular formula is C27H31N5O3S. The van der Waals surface area contributed by atoms with Crippen molar-refractivity contribution in [1.82, 2.24) is 25.3 Å². The first-order valence-corrected chi connectivity index (χ1v) is 13.0. The van der Waals surface area contributed by atoms with Crippen molar-refractivity contribution in [3.8, 4) is 0 Å². The molecule has 0 unspecified atom stereocenters. The lowest BCUT2D eigenvalue weighted by molar-refractivity contribution is -0.132. The number of carbonyl (C=O) groups excluding carboxylic acids is 3. The van der Waals surface area contributed by atoms with Crippen molar-refractivity contribution >= 4 is 29.5 Å². The number of hydrogen-bond acceptors (Lipinski definition) is 5. The molecule has 0 fully saturated rings. The number of aryl methyl sites for hydroxylation is 1. The molecule has 8 nitrogen and oxygen atoms in total. The van der Waals surface area contributed by atoms with Gasteiger partial charge in [0.15, 0.2) is 5.69 Å². The third-order valence-corrected chi connectivity index (χ3v) is 7.40. The van der Waals surface area contributed by atoms with E-state index in [2.05, 4.69) is 27.9 Å². The molecule has 4 rings (SSSR count). The van der Waals surface area contributed by atoms with Crippen LogP contribution in [-0.4, -0.2) is 57.8 Å². The van der Waals surface area contributed by atoms with Gasteiger partial charge >= 0.3 is 0 Å². The number of likely N-dealkylation sites (N-methyl/N-ethyl adjacent to an activating group) is 1. The first kappa shape index (κ1) is 25.5. The van der Waals surface area contributed by atoms with Crippen LogP contribution in [0.5, 0.6) is 0 Å². The van der Waals surface area contributed by atoms with E-state index in [-0.39, 0.29) is 30.0 Å². The lowest BCUT2D eigenvalue weighted by atomic mass is 9.95. The van der Waals surface area contributed by atoms with Gasteiger partial charge < -0.3 is 15.5 Å². The summed E-state index contributed by atoms with van der Waals surface area (Å²) in [4.78, 5) is 41.6. The largest absolute Gasteiger partial charge is 0.350 e. The second-order valence-corrected chi connectivity index (χ2v) is 10.1. The van der Waals surface area contributed by atoms with Crippen molar-refractivity contribution in [3.05, 3.63) is 82.7 Å². The lowest BCUT2D eigenvalue weighted by Crippen LogP contribution is -2.62. The van der Waals surface area contributed by atoms with E-state index < -0.39 is 5.54 Å². The molecule has 1 aromatic heterocycles. The molecule has 1 aliphatic heterocycles. The summed E-state index contributed by atoms with van der Waals surface area (Å²) in [5.74, 6) is -0.980. The number of benzene rings is 2. The average molecular weight is 506 g/mol. The van der Waals surface area contributed by atoms with Crippen molar-refractivity contribution in [1.29, 1.82) is 0 Å². The number of nitrogens with zero attached hydrogens (tertiary/aromatic N) is 3. The van der Waals surface area contributed by atoms with Crippen LogP contribution in [0.15, 0.2) is 59.5 Å². The van der Waals surface area contributed by atoms with Crippen molar-refractivity contribution in [2.24, 2.45) is 0 Å². The number of hydrogen-bond donors (Lipinski definition) is 2. The minimum atomic E-state index is -1.14. The standard InChI is InChI=1S/C27H31N5O3S/c1-18-5-7-20(8-6-18)16-29-26(35)27(2)17-32-23(25(34)31(27)3)15-22(30-32)24(33)28-14-13-19-9-11-21(36-4)12-10-19/h5-12,15H,13-14,16-17H2,1-4H3,(H,28,33)(H,29,35)/t27-/m0/s1. The highest BCUT2D eigenvalue weighted by Crippen LogP contribution is 2.26. The fraction of sp³-hybridized carbons (Fsp3) is 0.333. The van der Waals surface area contributed by atoms with E-state index in [1.54, 1.807) is 25.7 Å². The third-order valence-electron chi connectivity index (χ3n) is 6.66. The molecule has 3 aromatic rings. The van der Waals surface area contributed by atoms with Crippen LogP contribution in [0.2, 0.25) is 0 Å². The number of amides is 3. The SMILES string of the molecule is CSc1ccc(CCNC(=O)c2cc3n(n2)C[C@@](C)(C(=O)NCc2ccc(C)cc2)N(C)C3=O)cc1. The second kappa shape index (κ2) is 10.6. The molecule has 0 saturated carbocycles. The van der Waals surface area contributed by atoms with Gasteiger partial charge in [0.1, 0.15) is 11.2 Å². The van der Waals surface area contributed by atoms with Crippen LogP contribution < -0.4 is 10.6 Å². The second-order valence-electron chi connectivity index (χ2n) is 9.23. The van der Waals surface area contributed by atoms with Crippen LogP contribution in [0.1, 0.15) is 44.6 Å². The minimum Gasteiger partial charge on any atom is -0.350 e. The molecule has 1 aliphatic rings. The van der Waals surface area contributed by atoms with Crippen LogP contribution in [0.25, 0.3) is 0 Å². The molecule has 0 saturated heterocycles. The van der Waals surface area contributed by atoms with Gasteiger partial charge in [-0.3, -0.25) is 19.1 Å². The Balaban J connectivity index is 1.40. The molecule has 188 valence electrons. The van der Waals surface area contributed by atoms with Crippen molar-refractivity contribution in [2.45, 2.75) is 43.8 Å². The molecule has 9 heteroatoms. The zero-order valence-corrected chi connectivity index (χ0v) is 21.8. The monoisotopic (exact) mass is 505 g/mol. The maximum absolute atomic E-state index is 13.2. The molecule has 3 amide bonds. The van der Waals surface area contributed by atoms with E-state index in [1.165, 1.54) is 20.5 Å². The van der Waals surface area contributed by atoms with Gasteiger partial charge in [-0.05, 0) is 49.8 Å². The quantitative estimate of drug-likeness (QED) is 0.459. The first-order valence-electron chi connectivity index (χ1n) is 11.8. The van der Waals surface area contributed by atoms with Crippen molar-refractivity contribution in [2.75, 3.05) is 19.8 Å². The summed E-state index contributed by atoms with van der Waals surface area (Å²) in [6.45, 7) is 4.68. The summed E-state index contributed by atoms with van der Waals surface area (Å²) < 4.78 is 1.46. The predicted octanol–water partition coefficient (Wildman–Crippen LogP) is 3.05. The summed E-state index contributed by atoms with van der Waals surface area (Å²) >= 11 is 1.68. The number of nitrogens with one attached hydrogen (secondary N) is 2. The Morgan fingerprint density at radius 3 is 2.39 bits per heavy atom. The van der Waals surface area contributed by atoms with Gasteiger partial charge in [0.25, 0.3) is 11.8 Å². The Morgan fingerprint density at radius 1 is 1.06 bits per heavy atom. The molecule has 2 N–H and O–H groups in total. The maximum Gasteiger partial charge on any atom is 0.272 e. The molecule has 2 heterocycles. The minimum absolute atomic E-state index is 0.152. The Kier molecular flexibility index (Phi) is 7.49. The van der Waals surface area contributed by atoms with E-state index in [0.717, 1.165) is 16.7 Å². The summed E-state index contributed by atoms with van der Waals surface area (Å²) in [5, 5.41) is 10.2. The summed E-state index contributed by atoms with van der Waals surface area (Å²) in [7, 11) is 1.60. The number of thioether (sulfide) groups is 1. The van der Waals surface area contributed by atoms with E-state index in [1.807, 2.05) is 49.6 Å². The highest BCUT2D eigenvalue weighted by Gasteiger charge is 2.46. The summed E-state index contributed by atoms with van der Waals surface area (Å²) in [6, 6.07) is 17.6. The summed E-state index contributed by atoms with van der Waals surface area (Å²) in [5.41, 5.74) is 2.55. The number of aromatic nitrogens is 2. The fourth-order valence-electron chi connectivity index (χ4n) is 4.12. The molecule has 0 spiro atoms. The van der Waals surface area contributed by atoms with Crippen LogP contribution in [0.3, 0.4) is 0 Å². The van der Waals surface area contributed by atoms with Crippen LogP contribution >= 0.6 is 11.8 Å². The van der Waals surface area contributed by atoms with Gasteiger partial charge in [-0.25, -0.2) is 0 Å². The van der Waals surface area contributed by atoms with Gasteiger partial charge in [-0.2, -0.15) is 5.10 Å². The van der Waals surface area contributed by atoms with Crippen LogP contribution in [0, 0.1) is 6.92 Å². The third kappa shape index (κ3) is 5.31. The molecule has 2 aromatic carbocycles. The van der Waals surface area contributed by atoms with Gasteiger partial charge in [0.05, 0.1) is 6.54 Å². The Hall–Kier alpha value is -3.59. The normalized spacial score (nSPS) is 17.0. The highest BCUT2D eigenvalue weighted by molar-refractivity contribution is 7.98. The van der Waals surface area contributed by atoms with Gasteiger partial charge in [-0.1, -0.05) is 42.0 Å². The zero-order valence-electron chi connectivity index (χ0n) is 21.0. The van der Waals surface area contributed by atoms with Gasteiger partial charge in [0.2, 0.25) is 5.91 Å². The van der Waals surface area contributed by atoms with Crippen molar-refractivity contribution < 1.29 is 14.4 Å². The predicted molar refractivity (Wildman–Crippen MR) is 140 cm³/mol. The summed E-state index contributed by atoms with van der Waals surface area (Å²) in [6.07, 6.45) is 2.72. The first-order chi connectivity index (χ1) is 17.2. The zero-order chi connectivity index (χ0) is 25.9. The smallest absolute Gasteiger partial charge is 0.272 e. The molecule has 36 heavy (non-hydrogen) atoms. The van der Waals surface area contributed by atoms with Gasteiger partial charge in [0, 0.05) is 31.1 Å². The number of rotatable bonds is 8. The number of carbonyl (C=O) groups is 3. The van der Waals surface area contributed by atoms with E-state index in [0.29, 0.717) is 25.2 Å². The molecular weight excluding hydrogens is 474 g/mol. The molecule has 0 radical (unpaired) electrons. The van der Waals surface area contributed by atoms with Crippen LogP contribution in [-0.2, 0) is 24.3 Å². The molecule has 1 atom stereocenters. The van der Waals surface area contributed by atoms with Crippen LogP contribution in [0.4, 0.5) is 0 Å². The topological polar surface area (TPSA) is 96.3 Å². The fourth-order valence-corrected chi connectivity index (χ4v) is 4.53. The molecule has 0 aliphatic carbocycles. The van der Waals surface area contributed by atoms with Crippen molar-refractivity contribution in [3.63, 3.8) is 0 Å². The van der Waals surface area contributed by atoms with E-state index in [4.69, 9.17) is 0 Å². The Morgan fingerprint density at radius 2 is 1.72 bits per heavy atom.